The van der Waals surface area contributed by atoms with Crippen molar-refractivity contribution < 1.29 is 9.53 Å². The minimum atomic E-state index is -0.247. The lowest BCUT2D eigenvalue weighted by molar-refractivity contribution is -0.118. The van der Waals surface area contributed by atoms with Crippen molar-refractivity contribution in [1.29, 1.82) is 0 Å². The van der Waals surface area contributed by atoms with E-state index in [2.05, 4.69) is 20.7 Å². The van der Waals surface area contributed by atoms with Crippen molar-refractivity contribution in [3.8, 4) is 22.8 Å². The van der Waals surface area contributed by atoms with Gasteiger partial charge in [-0.1, -0.05) is 53.2 Å². The first-order valence-electron chi connectivity index (χ1n) is 10.8. The molecule has 4 aromatic rings. The van der Waals surface area contributed by atoms with Crippen LogP contribution in [0.1, 0.15) is 18.1 Å². The Bertz CT molecular complexity index is 1350. The van der Waals surface area contributed by atoms with Crippen LogP contribution in [0.3, 0.4) is 0 Å². The largest absolute Gasteiger partial charge is 0.497 e. The molecule has 0 spiro atoms. The molecule has 1 amide bonds. The summed E-state index contributed by atoms with van der Waals surface area (Å²) in [7, 11) is 1.61. The van der Waals surface area contributed by atoms with E-state index < -0.39 is 0 Å². The van der Waals surface area contributed by atoms with E-state index in [-0.39, 0.29) is 11.7 Å². The minimum Gasteiger partial charge on any atom is -0.497 e. The number of carbonyl (C=O) groups is 1. The maximum absolute atomic E-state index is 12.5. The van der Waals surface area contributed by atoms with Gasteiger partial charge < -0.3 is 4.74 Å². The van der Waals surface area contributed by atoms with Crippen LogP contribution < -0.4 is 10.2 Å². The zero-order valence-corrected chi connectivity index (χ0v) is 21.1. The van der Waals surface area contributed by atoms with Crippen LogP contribution >= 0.6 is 23.4 Å². The van der Waals surface area contributed by atoms with E-state index in [9.17, 15) is 4.79 Å². The van der Waals surface area contributed by atoms with Gasteiger partial charge in [0, 0.05) is 21.8 Å². The lowest BCUT2D eigenvalue weighted by Crippen LogP contribution is -2.21. The molecule has 0 fully saturated rings. The van der Waals surface area contributed by atoms with Crippen LogP contribution in [0.25, 0.3) is 17.1 Å². The number of amides is 1. The van der Waals surface area contributed by atoms with Crippen LogP contribution in [-0.4, -0.2) is 39.2 Å². The quantitative estimate of drug-likeness (QED) is 0.193. The van der Waals surface area contributed by atoms with Crippen LogP contribution in [0, 0.1) is 6.92 Å². The average molecular weight is 506 g/mol. The Morgan fingerprint density at radius 1 is 1.09 bits per heavy atom. The predicted octanol–water partition coefficient (Wildman–Crippen LogP) is 5.54. The molecule has 0 saturated heterocycles. The molecule has 7 nitrogen and oxygen atoms in total. The lowest BCUT2D eigenvalue weighted by Gasteiger charge is -2.11. The van der Waals surface area contributed by atoms with Crippen molar-refractivity contribution in [3.63, 3.8) is 0 Å². The minimum absolute atomic E-state index is 0.125. The summed E-state index contributed by atoms with van der Waals surface area (Å²) < 4.78 is 7.18. The number of nitrogens with zero attached hydrogens (tertiary/aromatic N) is 4. The Hall–Kier alpha value is -3.62. The van der Waals surface area contributed by atoms with Gasteiger partial charge in [0.2, 0.25) is 0 Å². The van der Waals surface area contributed by atoms with E-state index >= 15 is 0 Å². The molecule has 1 aromatic heterocycles. The van der Waals surface area contributed by atoms with Crippen LogP contribution in [0.15, 0.2) is 83.1 Å². The molecule has 0 saturated carbocycles. The summed E-state index contributed by atoms with van der Waals surface area (Å²) in [6, 6.07) is 23.0. The first kappa shape index (κ1) is 24.5. The molecule has 0 atom stereocenters. The molecular formula is C26H24ClN5O2S. The number of benzene rings is 3. The van der Waals surface area contributed by atoms with Crippen molar-refractivity contribution in [2.45, 2.75) is 19.0 Å². The number of hydrazone groups is 1. The Kier molecular flexibility index (Phi) is 7.84. The Morgan fingerprint density at radius 2 is 1.83 bits per heavy atom. The molecule has 0 aliphatic heterocycles. The molecule has 0 aliphatic carbocycles. The lowest BCUT2D eigenvalue weighted by atomic mass is 10.1. The summed E-state index contributed by atoms with van der Waals surface area (Å²) in [4.78, 5) is 12.5. The van der Waals surface area contributed by atoms with E-state index in [1.54, 1.807) is 7.11 Å². The number of rotatable bonds is 8. The molecule has 9 heteroatoms. The molecule has 0 aliphatic rings. The maximum Gasteiger partial charge on any atom is 0.250 e. The second kappa shape index (κ2) is 11.2. The number of carbonyl (C=O) groups excluding carboxylic acids is 1. The number of halogens is 1. The number of methoxy groups -OCH3 is 1. The van der Waals surface area contributed by atoms with Crippen molar-refractivity contribution in [3.05, 3.63) is 88.9 Å². The highest BCUT2D eigenvalue weighted by molar-refractivity contribution is 7.99. The number of ether oxygens (including phenoxy) is 1. The fraction of sp³-hybridized carbons (Fsp3) is 0.154. The molecule has 3 aromatic carbocycles. The molecular weight excluding hydrogens is 482 g/mol. The molecule has 0 unspecified atom stereocenters. The summed E-state index contributed by atoms with van der Waals surface area (Å²) in [5.74, 6) is 1.27. The molecule has 0 bridgehead atoms. The fourth-order valence-electron chi connectivity index (χ4n) is 3.30. The standard InChI is InChI=1S/C26H24ClN5O2S/c1-17-7-13-22(14-8-17)32-25(19-9-11-21(27)12-10-19)30-31-26(32)35-16-24(33)29-28-18(2)20-5-4-6-23(15-20)34-3/h4-15H,16H2,1-3H3,(H,29,33)/b28-18-. The monoisotopic (exact) mass is 505 g/mol. The van der Waals surface area contributed by atoms with E-state index in [1.165, 1.54) is 11.8 Å². The zero-order valence-electron chi connectivity index (χ0n) is 19.5. The molecule has 0 radical (unpaired) electrons. The first-order chi connectivity index (χ1) is 16.9. The highest BCUT2D eigenvalue weighted by atomic mass is 35.5. The van der Waals surface area contributed by atoms with Gasteiger partial charge in [-0.3, -0.25) is 9.36 Å². The van der Waals surface area contributed by atoms with Crippen molar-refractivity contribution in [2.24, 2.45) is 5.10 Å². The predicted molar refractivity (Wildman–Crippen MR) is 141 cm³/mol. The van der Waals surface area contributed by atoms with Gasteiger partial charge in [-0.15, -0.1) is 10.2 Å². The van der Waals surface area contributed by atoms with Gasteiger partial charge in [0.05, 0.1) is 18.6 Å². The smallest absolute Gasteiger partial charge is 0.250 e. The number of hydrogen-bond acceptors (Lipinski definition) is 6. The van der Waals surface area contributed by atoms with Gasteiger partial charge in [-0.25, -0.2) is 5.43 Å². The average Bonchev–Trinajstić information content (AvgIpc) is 3.30. The number of thioether (sulfide) groups is 1. The van der Waals surface area contributed by atoms with Gasteiger partial charge in [0.1, 0.15) is 5.75 Å². The van der Waals surface area contributed by atoms with E-state index in [1.807, 2.05) is 91.2 Å². The highest BCUT2D eigenvalue weighted by Gasteiger charge is 2.17. The number of aromatic nitrogens is 3. The van der Waals surface area contributed by atoms with E-state index in [0.717, 1.165) is 28.1 Å². The van der Waals surface area contributed by atoms with Gasteiger partial charge in [0.25, 0.3) is 5.91 Å². The van der Waals surface area contributed by atoms with Gasteiger partial charge in [0.15, 0.2) is 11.0 Å². The van der Waals surface area contributed by atoms with Crippen LogP contribution in [0.4, 0.5) is 0 Å². The molecule has 35 heavy (non-hydrogen) atoms. The third-order valence-corrected chi connectivity index (χ3v) is 6.38. The first-order valence-corrected chi connectivity index (χ1v) is 12.2. The summed E-state index contributed by atoms with van der Waals surface area (Å²) in [5.41, 5.74) is 7.08. The summed E-state index contributed by atoms with van der Waals surface area (Å²) in [6.07, 6.45) is 0. The summed E-state index contributed by atoms with van der Waals surface area (Å²) >= 11 is 7.35. The molecule has 178 valence electrons. The third kappa shape index (κ3) is 6.09. The normalized spacial score (nSPS) is 11.4. The fourth-order valence-corrected chi connectivity index (χ4v) is 4.17. The van der Waals surface area contributed by atoms with Crippen molar-refractivity contribution in [2.75, 3.05) is 12.9 Å². The second-order valence-corrected chi connectivity index (χ2v) is 9.12. The summed E-state index contributed by atoms with van der Waals surface area (Å²) in [6.45, 7) is 3.86. The van der Waals surface area contributed by atoms with Gasteiger partial charge in [-0.05, 0) is 62.4 Å². The van der Waals surface area contributed by atoms with E-state index in [4.69, 9.17) is 16.3 Å². The Morgan fingerprint density at radius 3 is 2.54 bits per heavy atom. The van der Waals surface area contributed by atoms with Crippen molar-refractivity contribution >= 4 is 35.0 Å². The van der Waals surface area contributed by atoms with Crippen LogP contribution in [-0.2, 0) is 4.79 Å². The Balaban J connectivity index is 1.52. The third-order valence-electron chi connectivity index (χ3n) is 5.20. The zero-order chi connectivity index (χ0) is 24.8. The number of hydrogen-bond donors (Lipinski definition) is 1. The van der Waals surface area contributed by atoms with Gasteiger partial charge >= 0.3 is 0 Å². The maximum atomic E-state index is 12.5. The van der Waals surface area contributed by atoms with Crippen LogP contribution in [0.5, 0.6) is 5.75 Å². The number of nitrogens with one attached hydrogen (secondary N) is 1. The van der Waals surface area contributed by atoms with E-state index in [0.29, 0.717) is 21.7 Å². The van der Waals surface area contributed by atoms with Crippen LogP contribution in [0.2, 0.25) is 5.02 Å². The second-order valence-electron chi connectivity index (χ2n) is 7.74. The van der Waals surface area contributed by atoms with Gasteiger partial charge in [-0.2, -0.15) is 5.10 Å². The molecule has 4 rings (SSSR count). The van der Waals surface area contributed by atoms with Crippen molar-refractivity contribution in [1.82, 2.24) is 20.2 Å². The number of aryl methyl sites for hydroxylation is 1. The Labute approximate surface area is 213 Å². The molecule has 1 N–H and O–H groups in total. The SMILES string of the molecule is COc1cccc(/C(C)=N\NC(=O)CSc2nnc(-c3ccc(Cl)cc3)n2-c2ccc(C)cc2)c1. The molecule has 1 heterocycles. The highest BCUT2D eigenvalue weighted by Crippen LogP contribution is 2.29. The summed E-state index contributed by atoms with van der Waals surface area (Å²) in [5, 5.41) is 14.2. The topological polar surface area (TPSA) is 81.4 Å².